The lowest BCUT2D eigenvalue weighted by atomic mass is 10.2. The number of imidazole rings is 1. The molecule has 2 aromatic carbocycles. The lowest BCUT2D eigenvalue weighted by Crippen LogP contribution is -2.28. The molecule has 0 radical (unpaired) electrons. The number of aromatic nitrogens is 4. The number of carbonyl (C=O) groups excluding carboxylic acids is 1. The van der Waals surface area contributed by atoms with E-state index in [1.165, 1.54) is 0 Å². The number of halogens is 1. The summed E-state index contributed by atoms with van der Waals surface area (Å²) < 4.78 is 7.42. The molecular weight excluding hydrogens is 402 g/mol. The number of carbonyl (C=O) groups is 1. The average Bonchev–Trinajstić information content (AvgIpc) is 3.52. The molecule has 1 aliphatic rings. The molecule has 152 valence electrons. The van der Waals surface area contributed by atoms with Crippen LogP contribution in [0.15, 0.2) is 53.3 Å². The number of rotatable bonds is 5. The smallest absolute Gasteiger partial charge is 0.258 e. The van der Waals surface area contributed by atoms with E-state index in [-0.39, 0.29) is 5.91 Å². The first-order chi connectivity index (χ1) is 14.7. The Bertz CT molecular complexity index is 1210. The van der Waals surface area contributed by atoms with Gasteiger partial charge in [-0.1, -0.05) is 22.8 Å². The highest BCUT2D eigenvalue weighted by atomic mass is 35.5. The van der Waals surface area contributed by atoms with Gasteiger partial charge in [-0.05, 0) is 49.2 Å². The summed E-state index contributed by atoms with van der Waals surface area (Å²) in [5, 5.41) is 4.71. The van der Waals surface area contributed by atoms with Crippen molar-refractivity contribution in [3.8, 4) is 22.8 Å². The summed E-state index contributed by atoms with van der Waals surface area (Å²) in [4.78, 5) is 23.2. The van der Waals surface area contributed by atoms with Gasteiger partial charge in [0.2, 0.25) is 11.7 Å². The molecule has 0 bridgehead atoms. The second-order valence-electron chi connectivity index (χ2n) is 7.41. The van der Waals surface area contributed by atoms with Gasteiger partial charge in [0.15, 0.2) is 0 Å². The van der Waals surface area contributed by atoms with Crippen LogP contribution in [0.4, 0.5) is 0 Å². The highest BCUT2D eigenvalue weighted by molar-refractivity contribution is 6.30. The lowest BCUT2D eigenvalue weighted by molar-refractivity contribution is -0.130. The van der Waals surface area contributed by atoms with Crippen molar-refractivity contribution in [2.24, 2.45) is 0 Å². The Hall–Kier alpha value is -3.19. The van der Waals surface area contributed by atoms with Crippen LogP contribution in [0.5, 0.6) is 0 Å². The number of fused-ring (bicyclic) bond motifs is 1. The van der Waals surface area contributed by atoms with Gasteiger partial charge >= 0.3 is 0 Å². The lowest BCUT2D eigenvalue weighted by Gasteiger charge is -2.15. The minimum absolute atomic E-state index is 0.214. The van der Waals surface area contributed by atoms with Crippen molar-refractivity contribution in [2.45, 2.75) is 25.8 Å². The molecule has 2 aromatic heterocycles. The van der Waals surface area contributed by atoms with E-state index in [2.05, 4.69) is 15.1 Å². The van der Waals surface area contributed by atoms with Crippen molar-refractivity contribution in [3.63, 3.8) is 0 Å². The monoisotopic (exact) mass is 421 g/mol. The van der Waals surface area contributed by atoms with Gasteiger partial charge in [0.25, 0.3) is 5.89 Å². The fraction of sp³-hybridized carbons (Fsp3) is 0.273. The van der Waals surface area contributed by atoms with E-state index in [9.17, 15) is 4.79 Å². The minimum Gasteiger partial charge on any atom is -0.343 e. The Labute approximate surface area is 178 Å². The highest BCUT2D eigenvalue weighted by Gasteiger charge is 2.18. The third-order valence-electron chi connectivity index (χ3n) is 5.40. The molecule has 7 nitrogen and oxygen atoms in total. The molecular formula is C22H20ClN5O2. The zero-order valence-electron chi connectivity index (χ0n) is 16.3. The minimum atomic E-state index is 0.214. The van der Waals surface area contributed by atoms with Crippen molar-refractivity contribution >= 4 is 28.5 Å². The molecule has 0 N–H and O–H groups in total. The molecule has 0 aliphatic carbocycles. The van der Waals surface area contributed by atoms with Crippen molar-refractivity contribution in [2.75, 3.05) is 13.1 Å². The van der Waals surface area contributed by atoms with Gasteiger partial charge in [-0.3, -0.25) is 4.79 Å². The van der Waals surface area contributed by atoms with Crippen molar-refractivity contribution < 1.29 is 9.32 Å². The number of likely N-dealkylation sites (tertiary alicyclic amines) is 1. The van der Waals surface area contributed by atoms with Gasteiger partial charge in [0.1, 0.15) is 0 Å². The molecule has 1 aliphatic heterocycles. The average molecular weight is 422 g/mol. The maximum absolute atomic E-state index is 12.3. The van der Waals surface area contributed by atoms with Crippen LogP contribution in [-0.2, 0) is 11.3 Å². The molecule has 30 heavy (non-hydrogen) atoms. The quantitative estimate of drug-likeness (QED) is 0.476. The van der Waals surface area contributed by atoms with Crippen LogP contribution >= 0.6 is 11.6 Å². The van der Waals surface area contributed by atoms with Crippen LogP contribution < -0.4 is 0 Å². The molecule has 4 aromatic rings. The van der Waals surface area contributed by atoms with Gasteiger partial charge in [-0.15, -0.1) is 0 Å². The summed E-state index contributed by atoms with van der Waals surface area (Å²) >= 11 is 6.04. The number of amides is 1. The first-order valence-electron chi connectivity index (χ1n) is 10.00. The maximum Gasteiger partial charge on any atom is 0.258 e. The van der Waals surface area contributed by atoms with Crippen LogP contribution in [0.2, 0.25) is 5.02 Å². The normalized spacial score (nSPS) is 14.0. The Morgan fingerprint density at radius 1 is 1.10 bits per heavy atom. The van der Waals surface area contributed by atoms with Crippen LogP contribution in [0, 0.1) is 0 Å². The molecule has 0 unspecified atom stereocenters. The largest absolute Gasteiger partial charge is 0.343 e. The Kier molecular flexibility index (Phi) is 4.96. The SMILES string of the molecule is O=C(CCn1cnc2cc(-c3noc(-c4cccc(Cl)c4)n3)ccc21)N1CCCC1. The number of benzene rings is 2. The summed E-state index contributed by atoms with van der Waals surface area (Å²) in [6.45, 7) is 2.38. The van der Waals surface area contributed by atoms with Gasteiger partial charge in [0.05, 0.1) is 17.4 Å². The summed E-state index contributed by atoms with van der Waals surface area (Å²) in [6.07, 6.45) is 4.48. The molecule has 0 saturated carbocycles. The van der Waals surface area contributed by atoms with Gasteiger partial charge in [0, 0.05) is 42.2 Å². The predicted octanol–water partition coefficient (Wildman–Crippen LogP) is 4.42. The number of nitrogens with zero attached hydrogens (tertiary/aromatic N) is 5. The molecule has 1 saturated heterocycles. The second-order valence-corrected chi connectivity index (χ2v) is 7.85. The Morgan fingerprint density at radius 2 is 1.97 bits per heavy atom. The van der Waals surface area contributed by atoms with E-state index < -0.39 is 0 Å². The van der Waals surface area contributed by atoms with Gasteiger partial charge in [-0.2, -0.15) is 4.98 Å². The molecule has 8 heteroatoms. The van der Waals surface area contributed by atoms with Crippen LogP contribution in [0.25, 0.3) is 33.9 Å². The molecule has 0 atom stereocenters. The topological polar surface area (TPSA) is 77.0 Å². The predicted molar refractivity (Wildman–Crippen MR) is 114 cm³/mol. The van der Waals surface area contributed by atoms with E-state index in [0.29, 0.717) is 29.7 Å². The van der Waals surface area contributed by atoms with Crippen molar-refractivity contribution in [3.05, 3.63) is 53.8 Å². The van der Waals surface area contributed by atoms with Crippen molar-refractivity contribution in [1.29, 1.82) is 0 Å². The number of aryl methyl sites for hydroxylation is 1. The first kappa shape index (κ1) is 18.8. The third kappa shape index (κ3) is 3.68. The Morgan fingerprint density at radius 3 is 2.80 bits per heavy atom. The zero-order valence-corrected chi connectivity index (χ0v) is 17.0. The standard InChI is InChI=1S/C22H20ClN5O2/c23-17-5-3-4-16(12-17)22-25-21(26-30-22)15-6-7-19-18(13-15)24-14-28(19)11-8-20(29)27-9-1-2-10-27/h3-7,12-14H,1-2,8-11H2. The van der Waals surface area contributed by atoms with Gasteiger partial charge in [-0.25, -0.2) is 4.98 Å². The fourth-order valence-corrected chi connectivity index (χ4v) is 3.99. The highest BCUT2D eigenvalue weighted by Crippen LogP contribution is 2.26. The third-order valence-corrected chi connectivity index (χ3v) is 5.64. The summed E-state index contributed by atoms with van der Waals surface area (Å²) in [5.74, 6) is 1.12. The van der Waals surface area contributed by atoms with Crippen LogP contribution in [0.3, 0.4) is 0 Å². The van der Waals surface area contributed by atoms with E-state index in [1.807, 2.05) is 39.8 Å². The zero-order chi connectivity index (χ0) is 20.5. The van der Waals surface area contributed by atoms with Crippen molar-refractivity contribution in [1.82, 2.24) is 24.6 Å². The Balaban J connectivity index is 1.34. The van der Waals surface area contributed by atoms with Gasteiger partial charge < -0.3 is 14.0 Å². The van der Waals surface area contributed by atoms with Crippen LogP contribution in [0.1, 0.15) is 19.3 Å². The number of hydrogen-bond donors (Lipinski definition) is 0. The van der Waals surface area contributed by atoms with Crippen LogP contribution in [-0.4, -0.2) is 43.6 Å². The van der Waals surface area contributed by atoms with E-state index in [0.717, 1.165) is 48.1 Å². The molecule has 1 fully saturated rings. The fourth-order valence-electron chi connectivity index (χ4n) is 3.80. The summed E-state index contributed by atoms with van der Waals surface area (Å²) in [5.41, 5.74) is 3.40. The summed E-state index contributed by atoms with van der Waals surface area (Å²) in [6, 6.07) is 13.1. The first-order valence-corrected chi connectivity index (χ1v) is 10.4. The van der Waals surface area contributed by atoms with E-state index in [4.69, 9.17) is 16.1 Å². The second kappa shape index (κ2) is 7.91. The molecule has 0 spiro atoms. The van der Waals surface area contributed by atoms with E-state index in [1.54, 1.807) is 18.5 Å². The summed E-state index contributed by atoms with van der Waals surface area (Å²) in [7, 11) is 0. The molecule has 5 rings (SSSR count). The maximum atomic E-state index is 12.3. The number of hydrogen-bond acceptors (Lipinski definition) is 5. The molecule has 1 amide bonds. The van der Waals surface area contributed by atoms with E-state index >= 15 is 0 Å². The molecule has 3 heterocycles.